The van der Waals surface area contributed by atoms with E-state index in [-0.39, 0.29) is 5.97 Å². The van der Waals surface area contributed by atoms with Gasteiger partial charge in [-0.2, -0.15) is 0 Å². The highest BCUT2D eigenvalue weighted by Crippen LogP contribution is 2.32. The number of hydrogen-bond acceptors (Lipinski definition) is 6. The molecule has 6 heteroatoms. The van der Waals surface area contributed by atoms with Gasteiger partial charge in [0.15, 0.2) is 0 Å². The average molecular weight is 513 g/mol. The third-order valence-corrected chi connectivity index (χ3v) is 7.87. The molecule has 0 unspecified atom stereocenters. The maximum absolute atomic E-state index is 12.4. The van der Waals surface area contributed by atoms with Crippen LogP contribution in [0.3, 0.4) is 0 Å². The van der Waals surface area contributed by atoms with Gasteiger partial charge in [-0.25, -0.2) is 0 Å². The van der Waals surface area contributed by atoms with Crippen LogP contribution in [0.5, 0.6) is 0 Å². The Hall–Kier alpha value is -3.22. The Morgan fingerprint density at radius 1 is 1.08 bits per heavy atom. The van der Waals surface area contributed by atoms with Crippen molar-refractivity contribution in [1.82, 2.24) is 15.2 Å². The quantitative estimate of drug-likeness (QED) is 0.412. The lowest BCUT2D eigenvalue weighted by Gasteiger charge is -2.37. The number of carbonyl (C=O) groups is 1. The number of nitrogens with one attached hydrogen (secondary N) is 1. The van der Waals surface area contributed by atoms with Crippen molar-refractivity contribution in [2.75, 3.05) is 31.6 Å². The summed E-state index contributed by atoms with van der Waals surface area (Å²) in [5, 5.41) is 3.75. The molecule has 0 bridgehead atoms. The maximum atomic E-state index is 12.4. The zero-order chi connectivity index (χ0) is 26.3. The summed E-state index contributed by atoms with van der Waals surface area (Å²) in [5.74, 6) is 0.316. The Morgan fingerprint density at radius 3 is 2.66 bits per heavy atom. The minimum absolute atomic E-state index is 0.0803. The van der Waals surface area contributed by atoms with Crippen molar-refractivity contribution in [2.45, 2.75) is 58.3 Å². The van der Waals surface area contributed by atoms with Crippen LogP contribution >= 0.6 is 0 Å². The van der Waals surface area contributed by atoms with Gasteiger partial charge in [-0.15, -0.1) is 0 Å². The van der Waals surface area contributed by atoms with Crippen LogP contribution in [0.25, 0.3) is 0 Å². The number of ether oxygens (including phenoxy) is 1. The average Bonchev–Trinajstić information content (AvgIpc) is 2.94. The molecule has 0 radical (unpaired) electrons. The smallest absolute Gasteiger partial charge is 0.306 e. The maximum Gasteiger partial charge on any atom is 0.306 e. The van der Waals surface area contributed by atoms with E-state index in [4.69, 9.17) is 4.74 Å². The second kappa shape index (κ2) is 12.5. The molecule has 2 aliphatic heterocycles. The molecule has 1 aromatic heterocycles. The molecule has 1 fully saturated rings. The third kappa shape index (κ3) is 7.00. The summed E-state index contributed by atoms with van der Waals surface area (Å²) >= 11 is 0. The number of fused-ring (bicyclic) bond motifs is 1. The molecule has 0 aliphatic carbocycles. The molecule has 3 aromatic rings. The van der Waals surface area contributed by atoms with Gasteiger partial charge in [-0.1, -0.05) is 48.5 Å². The van der Waals surface area contributed by atoms with E-state index in [2.05, 4.69) is 64.4 Å². The summed E-state index contributed by atoms with van der Waals surface area (Å²) in [5.41, 5.74) is 7.62. The van der Waals surface area contributed by atoms with Gasteiger partial charge in [0.05, 0.1) is 5.69 Å². The van der Waals surface area contributed by atoms with Crippen LogP contribution in [0.1, 0.15) is 47.2 Å². The third-order valence-electron chi connectivity index (χ3n) is 7.87. The molecule has 200 valence electrons. The van der Waals surface area contributed by atoms with Gasteiger partial charge in [0.2, 0.25) is 0 Å². The van der Waals surface area contributed by atoms with Gasteiger partial charge in [0, 0.05) is 57.1 Å². The lowest BCUT2D eigenvalue weighted by molar-refractivity contribution is -0.146. The van der Waals surface area contributed by atoms with Crippen molar-refractivity contribution in [3.8, 4) is 0 Å². The lowest BCUT2D eigenvalue weighted by Crippen LogP contribution is -2.44. The van der Waals surface area contributed by atoms with Crippen LogP contribution in [0.15, 0.2) is 66.9 Å². The van der Waals surface area contributed by atoms with E-state index in [1.54, 1.807) is 0 Å². The highest BCUT2D eigenvalue weighted by Gasteiger charge is 2.27. The second-order valence-corrected chi connectivity index (χ2v) is 11.0. The number of anilines is 1. The molecule has 0 saturated carbocycles. The molecule has 1 N–H and O–H groups in total. The number of rotatable bonds is 9. The summed E-state index contributed by atoms with van der Waals surface area (Å²) in [6.07, 6.45) is 5.54. The Kier molecular flexibility index (Phi) is 8.72. The first kappa shape index (κ1) is 26.4. The van der Waals surface area contributed by atoms with Crippen molar-refractivity contribution in [3.63, 3.8) is 0 Å². The van der Waals surface area contributed by atoms with Crippen molar-refractivity contribution in [1.29, 1.82) is 0 Å². The first-order chi connectivity index (χ1) is 18.5. The van der Waals surface area contributed by atoms with Crippen LogP contribution in [0.2, 0.25) is 0 Å². The van der Waals surface area contributed by atoms with E-state index in [1.807, 2.05) is 36.5 Å². The molecule has 5 rings (SSSR count). The predicted molar refractivity (Wildman–Crippen MR) is 152 cm³/mol. The van der Waals surface area contributed by atoms with Crippen LogP contribution in [-0.4, -0.2) is 48.6 Å². The summed E-state index contributed by atoms with van der Waals surface area (Å²) in [6, 6.07) is 21.3. The summed E-state index contributed by atoms with van der Waals surface area (Å²) in [6.45, 7) is 7.17. The number of pyridine rings is 1. The number of esters is 1. The van der Waals surface area contributed by atoms with E-state index >= 15 is 0 Å². The van der Waals surface area contributed by atoms with Crippen LogP contribution in [-0.2, 0) is 35.6 Å². The van der Waals surface area contributed by atoms with Crippen molar-refractivity contribution in [2.24, 2.45) is 5.92 Å². The van der Waals surface area contributed by atoms with Crippen molar-refractivity contribution in [3.05, 3.63) is 94.8 Å². The van der Waals surface area contributed by atoms with Crippen LogP contribution in [0.4, 0.5) is 5.69 Å². The highest BCUT2D eigenvalue weighted by atomic mass is 16.5. The number of benzene rings is 2. The summed E-state index contributed by atoms with van der Waals surface area (Å²) < 4.78 is 5.54. The summed E-state index contributed by atoms with van der Waals surface area (Å²) in [4.78, 5) is 21.9. The predicted octanol–water partition coefficient (Wildman–Crippen LogP) is 4.89. The molecule has 1 atom stereocenters. The lowest BCUT2D eigenvalue weighted by atomic mass is 9.90. The molecule has 0 amide bonds. The molecule has 2 aliphatic rings. The number of carbonyl (C=O) groups excluding carboxylic acids is 1. The largest absolute Gasteiger partial charge is 0.461 e. The van der Waals surface area contributed by atoms with Crippen molar-refractivity contribution >= 4 is 11.7 Å². The van der Waals surface area contributed by atoms with E-state index in [9.17, 15) is 4.79 Å². The van der Waals surface area contributed by atoms with Gasteiger partial charge >= 0.3 is 5.97 Å². The normalized spacial score (nSPS) is 17.9. The van der Waals surface area contributed by atoms with Gasteiger partial charge < -0.3 is 15.0 Å². The van der Waals surface area contributed by atoms with Crippen LogP contribution < -0.4 is 10.2 Å². The number of aromatic nitrogens is 1. The number of nitrogens with zero attached hydrogens (tertiary/aromatic N) is 3. The molecular weight excluding hydrogens is 472 g/mol. The van der Waals surface area contributed by atoms with Gasteiger partial charge in [-0.3, -0.25) is 14.7 Å². The molecule has 6 nitrogen and oxygen atoms in total. The van der Waals surface area contributed by atoms with E-state index in [0.717, 1.165) is 63.2 Å². The standard InChI is InChI=1S/C32H40N4O2/c1-24-11-12-28(33-19-24)21-35(2)22-29-18-30-27(20-34-29)9-6-10-31(30)36-15-13-25(14-16-36)17-32(37)38-23-26-7-4-3-5-8-26/h3-12,19,25,29,34H,13-18,20-23H2,1-2H3/t29-/m1/s1. The molecule has 1 saturated heterocycles. The second-order valence-electron chi connectivity index (χ2n) is 11.0. The number of aryl methyl sites for hydroxylation is 1. The minimum atomic E-state index is -0.0803. The van der Waals surface area contributed by atoms with Crippen molar-refractivity contribution < 1.29 is 9.53 Å². The summed E-state index contributed by atoms with van der Waals surface area (Å²) in [7, 11) is 2.18. The number of piperidine rings is 1. The SMILES string of the molecule is Cc1ccc(CN(C)C[C@H]2Cc3c(cccc3N3CCC(CC(=O)OCc4ccccc4)CC3)CN2)nc1. The molecular formula is C32H40N4O2. The molecule has 2 aromatic carbocycles. The number of hydrogen-bond donors (Lipinski definition) is 1. The Morgan fingerprint density at radius 2 is 1.89 bits per heavy atom. The van der Waals surface area contributed by atoms with E-state index in [1.165, 1.54) is 22.4 Å². The molecule has 0 spiro atoms. The zero-order valence-corrected chi connectivity index (χ0v) is 22.7. The number of likely N-dealkylation sites (N-methyl/N-ethyl adjacent to an activating group) is 1. The first-order valence-electron chi connectivity index (χ1n) is 13.9. The monoisotopic (exact) mass is 512 g/mol. The molecule has 3 heterocycles. The minimum Gasteiger partial charge on any atom is -0.461 e. The van der Waals surface area contributed by atoms with Crippen LogP contribution in [0, 0.1) is 12.8 Å². The fraction of sp³-hybridized carbons (Fsp3) is 0.438. The fourth-order valence-electron chi connectivity index (χ4n) is 5.74. The van der Waals surface area contributed by atoms with Gasteiger partial charge in [0.1, 0.15) is 6.61 Å². The highest BCUT2D eigenvalue weighted by molar-refractivity contribution is 5.69. The Balaban J connectivity index is 1.12. The first-order valence-corrected chi connectivity index (χ1v) is 13.9. The molecule has 38 heavy (non-hydrogen) atoms. The Labute approximate surface area is 227 Å². The topological polar surface area (TPSA) is 57.7 Å². The van der Waals surface area contributed by atoms with E-state index < -0.39 is 0 Å². The zero-order valence-electron chi connectivity index (χ0n) is 22.7. The van der Waals surface area contributed by atoms with Gasteiger partial charge in [-0.05, 0) is 73.5 Å². The Bertz CT molecular complexity index is 1190. The fourth-order valence-corrected chi connectivity index (χ4v) is 5.74. The van der Waals surface area contributed by atoms with E-state index in [0.29, 0.717) is 25.0 Å². The van der Waals surface area contributed by atoms with Gasteiger partial charge in [0.25, 0.3) is 0 Å².